The first-order valence-corrected chi connectivity index (χ1v) is 6.64. The summed E-state index contributed by atoms with van der Waals surface area (Å²) in [7, 11) is 0.882. The summed E-state index contributed by atoms with van der Waals surface area (Å²) in [5, 5.41) is 1.42. The van der Waals surface area contributed by atoms with Gasteiger partial charge in [0.15, 0.2) is 0 Å². The summed E-state index contributed by atoms with van der Waals surface area (Å²) in [5.41, 5.74) is 3.91. The molecule has 1 atom stereocenters. The van der Waals surface area contributed by atoms with Gasteiger partial charge >= 0.3 is 0 Å². The number of rotatable bonds is 2. The second kappa shape index (κ2) is 4.59. The zero-order valence-electron chi connectivity index (χ0n) is 9.12. The molecular formula is C14H15P. The third kappa shape index (κ3) is 2.46. The van der Waals surface area contributed by atoms with Crippen molar-refractivity contribution in [1.82, 2.24) is 0 Å². The summed E-state index contributed by atoms with van der Waals surface area (Å²) >= 11 is 0. The summed E-state index contributed by atoms with van der Waals surface area (Å²) in [6.07, 6.45) is 0. The predicted molar refractivity (Wildman–Crippen MR) is 70.5 cm³/mol. The molecule has 2 rings (SSSR count). The van der Waals surface area contributed by atoms with Gasteiger partial charge in [-0.2, -0.15) is 0 Å². The molecule has 0 aliphatic carbocycles. The normalized spacial score (nSPS) is 11.1. The molecule has 2 aromatic carbocycles. The molecule has 0 N–H and O–H groups in total. The Hall–Kier alpha value is -1.13. The fourth-order valence-electron chi connectivity index (χ4n) is 1.58. The molecule has 0 amide bonds. The minimum atomic E-state index is 0.882. The second-order valence-corrected chi connectivity index (χ2v) is 4.77. The van der Waals surface area contributed by atoms with Crippen LogP contribution in [0, 0.1) is 6.92 Å². The Morgan fingerprint density at radius 3 is 1.67 bits per heavy atom. The summed E-state index contributed by atoms with van der Waals surface area (Å²) in [6, 6.07) is 17.5. The zero-order valence-corrected chi connectivity index (χ0v) is 10.1. The van der Waals surface area contributed by atoms with Gasteiger partial charge in [0.05, 0.1) is 0 Å². The summed E-state index contributed by atoms with van der Waals surface area (Å²) in [6.45, 7) is 4.33. The van der Waals surface area contributed by atoms with Crippen LogP contribution in [0.25, 0.3) is 11.1 Å². The molecule has 1 unspecified atom stereocenters. The molecule has 0 radical (unpaired) electrons. The van der Waals surface area contributed by atoms with Gasteiger partial charge in [-0.05, 0) is 30.0 Å². The lowest BCUT2D eigenvalue weighted by Crippen LogP contribution is -1.91. The van der Waals surface area contributed by atoms with Crippen molar-refractivity contribution in [3.63, 3.8) is 0 Å². The second-order valence-electron chi connectivity index (χ2n) is 3.69. The Kier molecular flexibility index (Phi) is 3.18. The first kappa shape index (κ1) is 10.4. The average molecular weight is 214 g/mol. The Bertz CT molecular complexity index is 426. The number of hydrogen-bond donors (Lipinski definition) is 0. The van der Waals surface area contributed by atoms with E-state index in [1.165, 1.54) is 22.0 Å². The maximum Gasteiger partial charge on any atom is -0.0184 e. The van der Waals surface area contributed by atoms with Gasteiger partial charge in [-0.3, -0.25) is 0 Å². The molecule has 15 heavy (non-hydrogen) atoms. The van der Waals surface area contributed by atoms with Crippen molar-refractivity contribution in [1.29, 1.82) is 0 Å². The highest BCUT2D eigenvalue weighted by Crippen LogP contribution is 2.19. The van der Waals surface area contributed by atoms with Crippen LogP contribution in [-0.2, 0) is 0 Å². The van der Waals surface area contributed by atoms with Crippen molar-refractivity contribution < 1.29 is 0 Å². The van der Waals surface area contributed by atoms with E-state index >= 15 is 0 Å². The largest absolute Gasteiger partial charge is 0.0936 e. The third-order valence-corrected chi connectivity index (χ3v) is 3.47. The highest BCUT2D eigenvalue weighted by molar-refractivity contribution is 7.46. The van der Waals surface area contributed by atoms with Gasteiger partial charge in [0.1, 0.15) is 0 Å². The van der Waals surface area contributed by atoms with Gasteiger partial charge in [0, 0.05) is 0 Å². The van der Waals surface area contributed by atoms with Crippen molar-refractivity contribution in [2.24, 2.45) is 0 Å². The Morgan fingerprint density at radius 2 is 1.20 bits per heavy atom. The molecule has 0 saturated carbocycles. The van der Waals surface area contributed by atoms with E-state index < -0.39 is 0 Å². The molecule has 2 aromatic rings. The highest BCUT2D eigenvalue weighted by Gasteiger charge is 1.96. The van der Waals surface area contributed by atoms with E-state index in [1.807, 2.05) is 0 Å². The fraction of sp³-hybridized carbons (Fsp3) is 0.143. The lowest BCUT2D eigenvalue weighted by molar-refractivity contribution is 1.47. The minimum absolute atomic E-state index is 0.882. The molecule has 0 spiro atoms. The number of aryl methyl sites for hydroxylation is 1. The predicted octanol–water partition coefficient (Wildman–Crippen LogP) is 3.60. The van der Waals surface area contributed by atoms with Crippen LogP contribution in [0.5, 0.6) is 0 Å². The van der Waals surface area contributed by atoms with Gasteiger partial charge in [0.25, 0.3) is 0 Å². The van der Waals surface area contributed by atoms with Gasteiger partial charge in [-0.25, -0.2) is 0 Å². The van der Waals surface area contributed by atoms with E-state index in [4.69, 9.17) is 0 Å². The number of hydrogen-bond acceptors (Lipinski definition) is 0. The smallest absolute Gasteiger partial charge is 0.0184 e. The maximum atomic E-state index is 2.22. The monoisotopic (exact) mass is 214 g/mol. The van der Waals surface area contributed by atoms with E-state index in [0.29, 0.717) is 0 Å². The van der Waals surface area contributed by atoms with E-state index in [2.05, 4.69) is 62.1 Å². The van der Waals surface area contributed by atoms with Crippen LogP contribution in [0.15, 0.2) is 48.5 Å². The van der Waals surface area contributed by atoms with Crippen LogP contribution < -0.4 is 5.30 Å². The summed E-state index contributed by atoms with van der Waals surface area (Å²) in [5.74, 6) is 0. The summed E-state index contributed by atoms with van der Waals surface area (Å²) < 4.78 is 0. The molecule has 0 aliphatic heterocycles. The quantitative estimate of drug-likeness (QED) is 0.670. The van der Waals surface area contributed by atoms with Crippen LogP contribution in [0.4, 0.5) is 0 Å². The number of benzene rings is 2. The van der Waals surface area contributed by atoms with E-state index in [9.17, 15) is 0 Å². The Balaban J connectivity index is 2.33. The molecule has 76 valence electrons. The van der Waals surface area contributed by atoms with Crippen molar-refractivity contribution in [2.75, 3.05) is 6.66 Å². The van der Waals surface area contributed by atoms with Crippen LogP contribution >= 0.6 is 8.58 Å². The maximum absolute atomic E-state index is 2.22. The molecule has 0 heterocycles. The van der Waals surface area contributed by atoms with Crippen LogP contribution in [0.3, 0.4) is 0 Å². The Morgan fingerprint density at radius 1 is 0.733 bits per heavy atom. The average Bonchev–Trinajstić information content (AvgIpc) is 2.30. The van der Waals surface area contributed by atoms with Crippen molar-refractivity contribution >= 4 is 13.9 Å². The van der Waals surface area contributed by atoms with E-state index in [-0.39, 0.29) is 0 Å². The first-order valence-electron chi connectivity index (χ1n) is 5.14. The first-order chi connectivity index (χ1) is 7.29. The molecular weight excluding hydrogens is 199 g/mol. The lowest BCUT2D eigenvalue weighted by Gasteiger charge is -2.03. The minimum Gasteiger partial charge on any atom is -0.0936 e. The highest BCUT2D eigenvalue weighted by atomic mass is 31.1. The molecule has 0 saturated heterocycles. The molecule has 0 fully saturated rings. The van der Waals surface area contributed by atoms with Crippen LogP contribution in [0.2, 0.25) is 0 Å². The molecule has 0 bridgehead atoms. The SMILES string of the molecule is CPc1ccc(-c2ccc(C)cc2)cc1. The standard InChI is InChI=1S/C14H15P/c1-11-3-5-12(6-4-11)13-7-9-14(15-2)10-8-13/h3-10,15H,1-2H3. The van der Waals surface area contributed by atoms with Gasteiger partial charge in [-0.1, -0.05) is 62.7 Å². The van der Waals surface area contributed by atoms with Gasteiger partial charge < -0.3 is 0 Å². The van der Waals surface area contributed by atoms with Gasteiger partial charge in [-0.15, -0.1) is 0 Å². The van der Waals surface area contributed by atoms with E-state index in [1.54, 1.807) is 0 Å². The van der Waals surface area contributed by atoms with Crippen molar-refractivity contribution in [2.45, 2.75) is 6.92 Å². The molecule has 1 heteroatoms. The van der Waals surface area contributed by atoms with Gasteiger partial charge in [0.2, 0.25) is 0 Å². The van der Waals surface area contributed by atoms with Crippen molar-refractivity contribution in [3.05, 3.63) is 54.1 Å². The van der Waals surface area contributed by atoms with Crippen LogP contribution in [0.1, 0.15) is 5.56 Å². The fourth-order valence-corrected chi connectivity index (χ4v) is 2.08. The summed E-state index contributed by atoms with van der Waals surface area (Å²) in [4.78, 5) is 0. The third-order valence-electron chi connectivity index (χ3n) is 2.56. The molecule has 0 nitrogen and oxygen atoms in total. The van der Waals surface area contributed by atoms with E-state index in [0.717, 1.165) is 8.58 Å². The lowest BCUT2D eigenvalue weighted by atomic mass is 10.0. The Labute approximate surface area is 93.1 Å². The zero-order chi connectivity index (χ0) is 10.7. The molecule has 0 aromatic heterocycles. The van der Waals surface area contributed by atoms with Crippen molar-refractivity contribution in [3.8, 4) is 11.1 Å². The molecule has 0 aliphatic rings. The topological polar surface area (TPSA) is 0 Å². The van der Waals surface area contributed by atoms with Crippen LogP contribution in [-0.4, -0.2) is 6.66 Å².